The highest BCUT2D eigenvalue weighted by Gasteiger charge is 2.27. The van der Waals surface area contributed by atoms with E-state index in [9.17, 15) is 9.36 Å². The third kappa shape index (κ3) is 1.96. The molecule has 0 spiro atoms. The molecule has 1 unspecified atom stereocenters. The van der Waals surface area contributed by atoms with E-state index in [1.165, 1.54) is 0 Å². The van der Waals surface area contributed by atoms with Gasteiger partial charge in [-0.3, -0.25) is 4.52 Å². The van der Waals surface area contributed by atoms with Crippen molar-refractivity contribution in [2.45, 2.75) is 0 Å². The number of carbonyl (C=O) groups is 1. The maximum Gasteiger partial charge on any atom is 0.543 e. The molecule has 2 N–H and O–H groups in total. The summed E-state index contributed by atoms with van der Waals surface area (Å²) < 4.78 is 22.7. The maximum atomic E-state index is 10.6. The third-order valence-electron chi connectivity index (χ3n) is 0.619. The number of nitrogens with two attached hydrogens (primary N) is 1. The number of ether oxygens (including phenoxy) is 1. The third-order valence-corrected chi connectivity index (χ3v) is 1.37. The van der Waals surface area contributed by atoms with Crippen LogP contribution in [0.5, 0.6) is 0 Å². The van der Waals surface area contributed by atoms with Crippen molar-refractivity contribution in [1.82, 2.24) is 0 Å². The Bertz CT molecular complexity index is 190. The Hall–Kier alpha value is -0.620. The van der Waals surface area contributed by atoms with E-state index >= 15 is 0 Å². The van der Waals surface area contributed by atoms with E-state index < -0.39 is 20.7 Å². The predicted molar refractivity (Wildman–Crippen MR) is 26.4 cm³/mol. The number of cyclic esters (lactones) is 1. The van der Waals surface area contributed by atoms with Crippen LogP contribution in [0.2, 0.25) is 0 Å². The lowest BCUT2D eigenvalue weighted by atomic mass is 11.3. The largest absolute Gasteiger partial charge is 0.543 e. The molecular weight excluding hydrogens is 165 g/mol. The molecule has 0 bridgehead atoms. The molecule has 0 aliphatic carbocycles. The Morgan fingerprint density at radius 1 is 1.60 bits per heavy atom. The second-order valence-electron chi connectivity index (χ2n) is 1.34. The summed E-state index contributed by atoms with van der Waals surface area (Å²) >= 11 is 0. The van der Waals surface area contributed by atoms with Crippen LogP contribution in [0, 0.1) is 0 Å². The second-order valence-corrected chi connectivity index (χ2v) is 2.83. The summed E-state index contributed by atoms with van der Waals surface area (Å²) in [5, 5.41) is 0. The first kappa shape index (κ1) is 7.49. The number of rotatable bonds is 0. The van der Waals surface area contributed by atoms with E-state index in [1.807, 2.05) is 0 Å². The van der Waals surface area contributed by atoms with Gasteiger partial charge in [0.15, 0.2) is 0 Å². The molecular formula is C2H4NO6P. The van der Waals surface area contributed by atoms with Gasteiger partial charge < -0.3 is 4.74 Å². The quantitative estimate of drug-likeness (QED) is 0.312. The lowest BCUT2D eigenvalue weighted by Crippen LogP contribution is -2.02. The molecule has 1 aliphatic rings. The lowest BCUT2D eigenvalue weighted by molar-refractivity contribution is -0.160. The van der Waals surface area contributed by atoms with Gasteiger partial charge in [0.2, 0.25) is 6.79 Å². The Labute approximate surface area is 55.5 Å². The van der Waals surface area contributed by atoms with Gasteiger partial charge in [0.25, 0.3) is 0 Å². The summed E-state index contributed by atoms with van der Waals surface area (Å²) in [6, 6.07) is 0. The topological polar surface area (TPSA) is 97.1 Å². The van der Waals surface area contributed by atoms with E-state index in [0.717, 1.165) is 0 Å². The fraction of sp³-hybridized carbons (Fsp3) is 0.500. The van der Waals surface area contributed by atoms with Crippen LogP contribution in [0.15, 0.2) is 0 Å². The van der Waals surface area contributed by atoms with Crippen LogP contribution in [0.25, 0.3) is 0 Å². The molecule has 1 saturated heterocycles. The first-order valence-electron chi connectivity index (χ1n) is 2.16. The summed E-state index contributed by atoms with van der Waals surface area (Å²) in [6.07, 6.45) is -1.14. The maximum absolute atomic E-state index is 10.6. The molecule has 1 rings (SSSR count). The molecule has 1 heterocycles. The van der Waals surface area contributed by atoms with Gasteiger partial charge in [-0.25, -0.2) is 19.8 Å². The summed E-state index contributed by atoms with van der Waals surface area (Å²) in [4.78, 5) is 13.9. The van der Waals surface area contributed by atoms with Crippen molar-refractivity contribution in [2.24, 2.45) is 5.50 Å². The van der Waals surface area contributed by atoms with E-state index in [4.69, 9.17) is 5.50 Å². The predicted octanol–water partition coefficient (Wildman–Crippen LogP) is 0.126. The minimum Gasteiger partial charge on any atom is -0.405 e. The number of hydrogen-bond donors (Lipinski definition) is 1. The fourth-order valence-electron chi connectivity index (χ4n) is 0.276. The molecule has 0 aromatic heterocycles. The molecule has 0 aromatic rings. The zero-order valence-corrected chi connectivity index (χ0v) is 5.58. The Morgan fingerprint density at radius 3 is 3.00 bits per heavy atom. The number of hydrogen-bond acceptors (Lipinski definition) is 6. The van der Waals surface area contributed by atoms with Gasteiger partial charge in [0.1, 0.15) is 0 Å². The molecule has 0 radical (unpaired) electrons. The molecule has 1 fully saturated rings. The molecule has 7 nitrogen and oxygen atoms in total. The van der Waals surface area contributed by atoms with Crippen molar-refractivity contribution in [2.75, 3.05) is 6.79 Å². The second kappa shape index (κ2) is 2.55. The summed E-state index contributed by atoms with van der Waals surface area (Å²) in [7, 11) is -3.74. The molecule has 0 saturated carbocycles. The molecule has 0 amide bonds. The van der Waals surface area contributed by atoms with E-state index in [2.05, 4.69) is 18.8 Å². The van der Waals surface area contributed by atoms with Crippen LogP contribution in [-0.4, -0.2) is 12.9 Å². The smallest absolute Gasteiger partial charge is 0.405 e. The lowest BCUT2D eigenvalue weighted by Gasteiger charge is -2.02. The van der Waals surface area contributed by atoms with Crippen LogP contribution in [0.1, 0.15) is 0 Å². The van der Waals surface area contributed by atoms with Crippen molar-refractivity contribution in [3.05, 3.63) is 0 Å². The zero-order valence-electron chi connectivity index (χ0n) is 4.68. The minimum atomic E-state index is -3.74. The molecule has 8 heteroatoms. The Kier molecular flexibility index (Phi) is 1.91. The van der Waals surface area contributed by atoms with Crippen molar-refractivity contribution in [3.63, 3.8) is 0 Å². The highest BCUT2D eigenvalue weighted by atomic mass is 31.2. The summed E-state index contributed by atoms with van der Waals surface area (Å²) in [6.45, 7) is -0.535. The SMILES string of the molecule is NP1(=O)OCOC(=O)OO1. The Morgan fingerprint density at radius 2 is 2.30 bits per heavy atom. The Balaban J connectivity index is 2.57. The number of carbonyl (C=O) groups excluding carboxylic acids is 1. The monoisotopic (exact) mass is 169 g/mol. The van der Waals surface area contributed by atoms with Gasteiger partial charge in [-0.15, -0.1) is 0 Å². The normalized spacial score (nSPS) is 33.9. The van der Waals surface area contributed by atoms with Gasteiger partial charge >= 0.3 is 13.9 Å². The van der Waals surface area contributed by atoms with Gasteiger partial charge in [-0.05, 0) is 0 Å². The van der Waals surface area contributed by atoms with Gasteiger partial charge in [-0.1, -0.05) is 4.67 Å². The van der Waals surface area contributed by atoms with Crippen molar-refractivity contribution in [3.8, 4) is 0 Å². The van der Waals surface area contributed by atoms with Crippen LogP contribution < -0.4 is 5.50 Å². The first-order chi connectivity index (χ1) is 4.60. The van der Waals surface area contributed by atoms with Crippen LogP contribution in [0.4, 0.5) is 4.79 Å². The standard InChI is InChI=1S/C2H4NO6P/c3-10(5)7-1-6-2(4)8-9-10/h1H2,(H2,3,5). The summed E-state index contributed by atoms with van der Waals surface area (Å²) in [5.74, 6) is 0. The van der Waals surface area contributed by atoms with Gasteiger partial charge in [-0.2, -0.15) is 0 Å². The van der Waals surface area contributed by atoms with Gasteiger partial charge in [0.05, 0.1) is 0 Å². The minimum absolute atomic E-state index is 0.535. The highest BCUT2D eigenvalue weighted by molar-refractivity contribution is 7.51. The molecule has 58 valence electrons. The van der Waals surface area contributed by atoms with Crippen LogP contribution in [0.3, 0.4) is 0 Å². The zero-order chi connectivity index (χ0) is 7.61. The highest BCUT2D eigenvalue weighted by Crippen LogP contribution is 2.40. The molecule has 10 heavy (non-hydrogen) atoms. The first-order valence-corrected chi connectivity index (χ1v) is 3.77. The molecule has 1 aliphatic heterocycles. The summed E-state index contributed by atoms with van der Waals surface area (Å²) in [5.41, 5.74) is 4.79. The fourth-order valence-corrected chi connectivity index (χ4v) is 0.683. The molecule has 1 atom stereocenters. The average molecular weight is 169 g/mol. The average Bonchev–Trinajstić information content (AvgIpc) is 1.94. The van der Waals surface area contributed by atoms with Crippen LogP contribution >= 0.6 is 7.75 Å². The van der Waals surface area contributed by atoms with E-state index in [0.29, 0.717) is 0 Å². The van der Waals surface area contributed by atoms with E-state index in [1.54, 1.807) is 0 Å². The van der Waals surface area contributed by atoms with Crippen molar-refractivity contribution in [1.29, 1.82) is 0 Å². The van der Waals surface area contributed by atoms with Crippen molar-refractivity contribution < 1.29 is 28.2 Å². The van der Waals surface area contributed by atoms with Crippen molar-refractivity contribution >= 4 is 13.9 Å². The molecule has 0 aromatic carbocycles. The van der Waals surface area contributed by atoms with Gasteiger partial charge in [0, 0.05) is 0 Å². The van der Waals surface area contributed by atoms with Crippen LogP contribution in [-0.2, 0) is 23.4 Å². The van der Waals surface area contributed by atoms with E-state index in [-0.39, 0.29) is 0 Å².